The number of hydrogen-bond donors (Lipinski definition) is 0. The molecule has 2 heteroatoms. The van der Waals surface area contributed by atoms with Gasteiger partial charge >= 0.3 is 0 Å². The first kappa shape index (κ1) is 8.07. The van der Waals surface area contributed by atoms with Gasteiger partial charge in [-0.3, -0.25) is 0 Å². The third-order valence-corrected chi connectivity index (χ3v) is 3.24. The van der Waals surface area contributed by atoms with E-state index in [0.717, 1.165) is 18.9 Å². The molecule has 1 saturated carbocycles. The van der Waals surface area contributed by atoms with E-state index in [1.54, 1.807) is 0 Å². The normalized spacial score (nSPS) is 36.9. The lowest BCUT2D eigenvalue weighted by Gasteiger charge is -2.22. The summed E-state index contributed by atoms with van der Waals surface area (Å²) in [5.41, 5.74) is 0. The second-order valence-electron chi connectivity index (χ2n) is 4.04. The lowest BCUT2D eigenvalue weighted by atomic mass is 10.1. The molecule has 2 nitrogen and oxygen atoms in total. The molecule has 0 N–H and O–H groups in total. The Morgan fingerprint density at radius 2 is 1.92 bits per heavy atom. The van der Waals surface area contributed by atoms with E-state index in [1.165, 1.54) is 32.4 Å². The van der Waals surface area contributed by atoms with E-state index < -0.39 is 0 Å². The third kappa shape index (κ3) is 1.47. The van der Waals surface area contributed by atoms with Crippen molar-refractivity contribution >= 4 is 0 Å². The van der Waals surface area contributed by atoms with Crippen LogP contribution in [-0.2, 0) is 0 Å². The lowest BCUT2D eigenvalue weighted by Crippen LogP contribution is -2.30. The Hall–Kier alpha value is -0.550. The molecule has 1 aliphatic heterocycles. The quantitative estimate of drug-likeness (QED) is 0.590. The van der Waals surface area contributed by atoms with Crippen LogP contribution in [-0.4, -0.2) is 24.0 Å². The van der Waals surface area contributed by atoms with Crippen LogP contribution in [0.2, 0.25) is 0 Å². The summed E-state index contributed by atoms with van der Waals surface area (Å²) >= 11 is 0. The standard InChI is InChI=1S/C10H16N2/c11-8-9-3-4-10(7-9)12-5-1-2-6-12/h9-10H,1-7H2. The Bertz CT molecular complexity index is 189. The van der Waals surface area contributed by atoms with E-state index in [-0.39, 0.29) is 0 Å². The van der Waals surface area contributed by atoms with Crippen LogP contribution in [0.3, 0.4) is 0 Å². The van der Waals surface area contributed by atoms with E-state index in [9.17, 15) is 0 Å². The van der Waals surface area contributed by atoms with Gasteiger partial charge in [0.05, 0.1) is 6.07 Å². The predicted octanol–water partition coefficient (Wildman–Crippen LogP) is 1.77. The fourth-order valence-corrected chi connectivity index (χ4v) is 2.51. The molecule has 1 saturated heterocycles. The van der Waals surface area contributed by atoms with E-state index in [4.69, 9.17) is 5.26 Å². The van der Waals surface area contributed by atoms with Gasteiger partial charge in [-0.15, -0.1) is 0 Å². The van der Waals surface area contributed by atoms with E-state index in [0.29, 0.717) is 5.92 Å². The number of hydrogen-bond acceptors (Lipinski definition) is 2. The number of rotatable bonds is 1. The highest BCUT2D eigenvalue weighted by Crippen LogP contribution is 2.30. The molecule has 2 atom stereocenters. The van der Waals surface area contributed by atoms with Crippen LogP contribution in [0.5, 0.6) is 0 Å². The summed E-state index contributed by atoms with van der Waals surface area (Å²) < 4.78 is 0. The molecule has 0 aromatic carbocycles. The highest BCUT2D eigenvalue weighted by atomic mass is 15.2. The van der Waals surface area contributed by atoms with E-state index >= 15 is 0 Å². The molecule has 1 heterocycles. The van der Waals surface area contributed by atoms with Crippen LogP contribution in [0.1, 0.15) is 32.1 Å². The fourth-order valence-electron chi connectivity index (χ4n) is 2.51. The van der Waals surface area contributed by atoms with Crippen LogP contribution in [0.4, 0.5) is 0 Å². The van der Waals surface area contributed by atoms with Crippen LogP contribution >= 0.6 is 0 Å². The van der Waals surface area contributed by atoms with Gasteiger partial charge in [-0.1, -0.05) is 0 Å². The zero-order valence-corrected chi connectivity index (χ0v) is 7.50. The minimum atomic E-state index is 0.357. The van der Waals surface area contributed by atoms with Gasteiger partial charge in [-0.25, -0.2) is 0 Å². The molecular weight excluding hydrogens is 148 g/mol. The Morgan fingerprint density at radius 3 is 2.50 bits per heavy atom. The number of nitrogens with zero attached hydrogens (tertiary/aromatic N) is 2. The Balaban J connectivity index is 1.86. The van der Waals surface area contributed by atoms with Gasteiger partial charge in [-0.2, -0.15) is 5.26 Å². The highest BCUT2D eigenvalue weighted by molar-refractivity contribution is 4.94. The molecule has 0 bridgehead atoms. The molecule has 2 fully saturated rings. The zero-order valence-electron chi connectivity index (χ0n) is 7.50. The first-order chi connectivity index (χ1) is 5.90. The van der Waals surface area contributed by atoms with Gasteiger partial charge < -0.3 is 4.90 Å². The Kier molecular flexibility index (Phi) is 2.32. The molecule has 0 spiro atoms. The van der Waals surface area contributed by atoms with Gasteiger partial charge in [0, 0.05) is 12.0 Å². The van der Waals surface area contributed by atoms with Crippen molar-refractivity contribution in [2.24, 2.45) is 5.92 Å². The zero-order chi connectivity index (χ0) is 8.39. The number of likely N-dealkylation sites (tertiary alicyclic amines) is 1. The first-order valence-electron chi connectivity index (χ1n) is 5.04. The van der Waals surface area contributed by atoms with Crippen molar-refractivity contribution in [1.82, 2.24) is 4.90 Å². The van der Waals surface area contributed by atoms with Gasteiger partial charge in [-0.05, 0) is 45.2 Å². The average molecular weight is 164 g/mol. The molecule has 0 amide bonds. The van der Waals surface area contributed by atoms with Gasteiger partial charge in [0.25, 0.3) is 0 Å². The van der Waals surface area contributed by atoms with Gasteiger partial charge in [0.1, 0.15) is 0 Å². The van der Waals surface area contributed by atoms with Crippen molar-refractivity contribution in [3.8, 4) is 6.07 Å². The maximum Gasteiger partial charge on any atom is 0.0656 e. The molecular formula is C10H16N2. The summed E-state index contributed by atoms with van der Waals surface area (Å²) in [4.78, 5) is 2.58. The fraction of sp³-hybridized carbons (Fsp3) is 0.900. The summed E-state index contributed by atoms with van der Waals surface area (Å²) in [5, 5.41) is 8.76. The van der Waals surface area contributed by atoms with Crippen LogP contribution in [0, 0.1) is 17.2 Å². The molecule has 1 aliphatic carbocycles. The minimum absolute atomic E-state index is 0.357. The second-order valence-corrected chi connectivity index (χ2v) is 4.04. The molecule has 2 unspecified atom stereocenters. The molecule has 0 radical (unpaired) electrons. The molecule has 2 aliphatic rings. The van der Waals surface area contributed by atoms with E-state index in [1.807, 2.05) is 0 Å². The maximum atomic E-state index is 8.76. The summed E-state index contributed by atoms with van der Waals surface area (Å²) in [6, 6.07) is 3.14. The largest absolute Gasteiger partial charge is 0.300 e. The van der Waals surface area contributed by atoms with Crippen molar-refractivity contribution in [2.75, 3.05) is 13.1 Å². The summed E-state index contributed by atoms with van der Waals surface area (Å²) in [5.74, 6) is 0.357. The van der Waals surface area contributed by atoms with Crippen LogP contribution in [0.25, 0.3) is 0 Å². The molecule has 2 rings (SSSR count). The summed E-state index contributed by atoms with van der Waals surface area (Å²) in [6.07, 6.45) is 6.27. The highest BCUT2D eigenvalue weighted by Gasteiger charge is 2.30. The van der Waals surface area contributed by atoms with Gasteiger partial charge in [0.2, 0.25) is 0 Å². The molecule has 12 heavy (non-hydrogen) atoms. The summed E-state index contributed by atoms with van der Waals surface area (Å²) in [6.45, 7) is 2.56. The SMILES string of the molecule is N#CC1CCC(N2CCCC2)C1. The second kappa shape index (κ2) is 3.45. The smallest absolute Gasteiger partial charge is 0.0656 e. The first-order valence-corrected chi connectivity index (χ1v) is 5.04. The lowest BCUT2D eigenvalue weighted by molar-refractivity contribution is 0.244. The van der Waals surface area contributed by atoms with Crippen molar-refractivity contribution < 1.29 is 0 Å². The third-order valence-electron chi connectivity index (χ3n) is 3.24. The monoisotopic (exact) mass is 164 g/mol. The number of nitriles is 1. The Morgan fingerprint density at radius 1 is 1.17 bits per heavy atom. The molecule has 0 aromatic heterocycles. The van der Waals surface area contributed by atoms with Crippen molar-refractivity contribution in [3.63, 3.8) is 0 Å². The van der Waals surface area contributed by atoms with Gasteiger partial charge in [0.15, 0.2) is 0 Å². The topological polar surface area (TPSA) is 27.0 Å². The van der Waals surface area contributed by atoms with Crippen molar-refractivity contribution in [2.45, 2.75) is 38.1 Å². The van der Waals surface area contributed by atoms with Crippen LogP contribution < -0.4 is 0 Å². The molecule has 66 valence electrons. The van der Waals surface area contributed by atoms with E-state index in [2.05, 4.69) is 11.0 Å². The maximum absolute atomic E-state index is 8.76. The average Bonchev–Trinajstić information content (AvgIpc) is 2.75. The Labute approximate surface area is 74.2 Å². The molecule has 0 aromatic rings. The summed E-state index contributed by atoms with van der Waals surface area (Å²) in [7, 11) is 0. The predicted molar refractivity (Wildman–Crippen MR) is 47.5 cm³/mol. The van der Waals surface area contributed by atoms with Crippen molar-refractivity contribution in [1.29, 1.82) is 5.26 Å². The van der Waals surface area contributed by atoms with Crippen LogP contribution in [0.15, 0.2) is 0 Å². The minimum Gasteiger partial charge on any atom is -0.300 e. The van der Waals surface area contributed by atoms with Crippen molar-refractivity contribution in [3.05, 3.63) is 0 Å².